The van der Waals surface area contributed by atoms with E-state index in [9.17, 15) is 14.0 Å². The molecule has 1 fully saturated rings. The van der Waals surface area contributed by atoms with E-state index < -0.39 is 30.3 Å². The number of rotatable bonds is 7. The van der Waals surface area contributed by atoms with Crippen LogP contribution < -0.4 is 5.32 Å². The van der Waals surface area contributed by atoms with Gasteiger partial charge in [0.1, 0.15) is 17.3 Å². The molecule has 1 heterocycles. The van der Waals surface area contributed by atoms with Gasteiger partial charge in [-0.3, -0.25) is 10.1 Å². The molecule has 3 rings (SSSR count). The van der Waals surface area contributed by atoms with Crippen LogP contribution in [-0.4, -0.2) is 62.4 Å². The molecule has 182 valence electrons. The Morgan fingerprint density at radius 1 is 1.36 bits per heavy atom. The van der Waals surface area contributed by atoms with Crippen LogP contribution >= 0.6 is 27.7 Å². The number of thioether (sulfide) groups is 1. The first-order chi connectivity index (χ1) is 15.3. The number of nitrogens with one attached hydrogen (secondary N) is 1. The summed E-state index contributed by atoms with van der Waals surface area (Å²) in [7, 11) is 2.14. The van der Waals surface area contributed by atoms with Crippen LogP contribution in [-0.2, 0) is 19.8 Å². The van der Waals surface area contributed by atoms with Crippen molar-refractivity contribution in [2.24, 2.45) is 10.9 Å². The van der Waals surface area contributed by atoms with Gasteiger partial charge in [-0.25, -0.2) is 14.2 Å². The summed E-state index contributed by atoms with van der Waals surface area (Å²) in [5.41, 5.74) is -0.708. The summed E-state index contributed by atoms with van der Waals surface area (Å²) in [6.07, 6.45) is -0.215. The van der Waals surface area contributed by atoms with Gasteiger partial charge in [0.05, 0.1) is 5.54 Å². The summed E-state index contributed by atoms with van der Waals surface area (Å²) in [6.45, 7) is 9.11. The Morgan fingerprint density at radius 2 is 2.06 bits per heavy atom. The predicted molar refractivity (Wildman–Crippen MR) is 135 cm³/mol. The van der Waals surface area contributed by atoms with Crippen molar-refractivity contribution in [3.05, 3.63) is 34.1 Å². The van der Waals surface area contributed by atoms with Crippen LogP contribution in [0.5, 0.6) is 0 Å². The molecule has 1 aromatic carbocycles. The molecule has 3 atom stereocenters. The minimum Gasteiger partial charge on any atom is -0.385 e. The number of hydrogen-bond acceptors (Lipinski definition) is 6. The summed E-state index contributed by atoms with van der Waals surface area (Å²) in [5, 5.41) is 2.60. The van der Waals surface area contributed by atoms with E-state index in [1.807, 2.05) is 0 Å². The average Bonchev–Trinajstić information content (AvgIpc) is 3.44. The molecule has 0 bridgehead atoms. The summed E-state index contributed by atoms with van der Waals surface area (Å²) in [4.78, 5) is 31.6. The van der Waals surface area contributed by atoms with Gasteiger partial charge in [-0.05, 0) is 49.3 Å². The second-order valence-electron chi connectivity index (χ2n) is 10.0. The number of nitrogens with zero attached hydrogens (tertiary/aromatic N) is 2. The molecule has 0 unspecified atom stereocenters. The fourth-order valence-corrected chi connectivity index (χ4v) is 6.64. The van der Waals surface area contributed by atoms with Gasteiger partial charge in [0.2, 0.25) is 5.91 Å². The third kappa shape index (κ3) is 5.80. The first-order valence-electron chi connectivity index (χ1n) is 10.8. The highest BCUT2D eigenvalue weighted by atomic mass is 79.9. The summed E-state index contributed by atoms with van der Waals surface area (Å²) >= 11 is 4.53. The third-order valence-corrected chi connectivity index (χ3v) is 9.46. The maximum absolute atomic E-state index is 14.9. The molecule has 7 nitrogen and oxygen atoms in total. The highest BCUT2D eigenvalue weighted by molar-refractivity contribution is 9.10. The lowest BCUT2D eigenvalue weighted by atomic mass is 9.85. The number of carbonyl (C=O) groups excluding carboxylic acids is 2. The number of alkyl carbamates (subject to hydrolysis) is 1. The van der Waals surface area contributed by atoms with Gasteiger partial charge in [0, 0.05) is 44.7 Å². The molecule has 0 aromatic heterocycles. The zero-order valence-corrected chi connectivity index (χ0v) is 23.2. The molecule has 1 aromatic rings. The number of hydrogen-bond donors (Lipinski definition) is 1. The van der Waals surface area contributed by atoms with Crippen LogP contribution in [0.2, 0.25) is 25.7 Å². The molecule has 1 aliphatic carbocycles. The quantitative estimate of drug-likeness (QED) is 0.295. The molecule has 11 heteroatoms. The van der Waals surface area contributed by atoms with Crippen LogP contribution in [0.4, 0.5) is 9.18 Å². The van der Waals surface area contributed by atoms with E-state index in [-0.39, 0.29) is 23.8 Å². The molecule has 0 radical (unpaired) electrons. The zero-order chi connectivity index (χ0) is 24.6. The van der Waals surface area contributed by atoms with Crippen molar-refractivity contribution in [1.29, 1.82) is 0 Å². The van der Waals surface area contributed by atoms with Crippen LogP contribution in [0.1, 0.15) is 18.9 Å². The maximum atomic E-state index is 14.9. The number of carbonyl (C=O) groups is 2. The van der Waals surface area contributed by atoms with Gasteiger partial charge in [0.15, 0.2) is 0 Å². The number of aliphatic imine (C=N–C) groups is 1. The normalized spacial score (nSPS) is 26.2. The molecule has 2 aliphatic rings. The minimum absolute atomic E-state index is 0.0170. The maximum Gasteiger partial charge on any atom is 0.416 e. The average molecular weight is 561 g/mol. The van der Waals surface area contributed by atoms with E-state index in [2.05, 4.69) is 45.9 Å². The highest BCUT2D eigenvalue weighted by Crippen LogP contribution is 2.67. The number of fused-ring (bicyclic) bond motifs is 1. The van der Waals surface area contributed by atoms with Crippen molar-refractivity contribution in [3.8, 4) is 0 Å². The second kappa shape index (κ2) is 9.67. The Kier molecular flexibility index (Phi) is 7.67. The summed E-state index contributed by atoms with van der Waals surface area (Å²) < 4.78 is 25.7. The lowest BCUT2D eigenvalue weighted by molar-refractivity contribution is -0.129. The van der Waals surface area contributed by atoms with E-state index in [1.54, 1.807) is 33.2 Å². The molecular formula is C22H31BrFN3O4SSi. The van der Waals surface area contributed by atoms with Crippen molar-refractivity contribution < 1.29 is 23.5 Å². The largest absolute Gasteiger partial charge is 0.416 e. The Bertz CT molecular complexity index is 973. The Hall–Kier alpha value is -1.43. The molecule has 1 saturated carbocycles. The van der Waals surface area contributed by atoms with Gasteiger partial charge in [-0.15, -0.1) is 0 Å². The lowest BCUT2D eigenvalue weighted by Gasteiger charge is -2.34. The van der Waals surface area contributed by atoms with E-state index in [0.717, 1.165) is 17.8 Å². The van der Waals surface area contributed by atoms with E-state index in [0.29, 0.717) is 23.1 Å². The Morgan fingerprint density at radius 3 is 2.70 bits per heavy atom. The zero-order valence-electron chi connectivity index (χ0n) is 19.8. The number of ether oxygens (including phenoxy) is 2. The van der Waals surface area contributed by atoms with Crippen molar-refractivity contribution in [2.45, 2.75) is 49.3 Å². The van der Waals surface area contributed by atoms with Gasteiger partial charge in [-0.2, -0.15) is 0 Å². The molecule has 1 N–H and O–H groups in total. The molecule has 1 aliphatic heterocycles. The molecule has 33 heavy (non-hydrogen) atoms. The van der Waals surface area contributed by atoms with Crippen molar-refractivity contribution in [3.63, 3.8) is 0 Å². The van der Waals surface area contributed by atoms with E-state index in [1.165, 1.54) is 11.0 Å². The summed E-state index contributed by atoms with van der Waals surface area (Å²) in [5.74, 6) is -0.756. The standard InChI is InChI=1S/C22H31BrFN3O4SSi/c1-21(15-11-14(23)7-8-16(15)24)17-12-22(17,18(28)27(2)3)32-20(26-21)31-19(29)25-13-30-9-10-33(4,5)6/h7-8,11,17H,9-10,12-13H2,1-6H3,(H,25,29)/t17-,21+,22-/m0/s1. The van der Waals surface area contributed by atoms with E-state index in [4.69, 9.17) is 9.47 Å². The summed E-state index contributed by atoms with van der Waals surface area (Å²) in [6, 6.07) is 5.63. The SMILES string of the molecule is CN(C)C(=O)[C@]12C[C@H]1[C@@](C)(c1cc(Br)ccc1F)N=C(OC(=O)NCOCC[Si](C)(C)C)S2. The monoisotopic (exact) mass is 559 g/mol. The number of amides is 2. The number of benzene rings is 1. The molecule has 2 amide bonds. The molecule has 0 spiro atoms. The smallest absolute Gasteiger partial charge is 0.385 e. The lowest BCUT2D eigenvalue weighted by Crippen LogP contribution is -2.43. The molecular weight excluding hydrogens is 529 g/mol. The first-order valence-corrected chi connectivity index (χ1v) is 16.1. The topological polar surface area (TPSA) is 80.2 Å². The van der Waals surface area contributed by atoms with Crippen LogP contribution in [0.25, 0.3) is 0 Å². The van der Waals surface area contributed by atoms with Gasteiger partial charge in [0.25, 0.3) is 5.23 Å². The minimum atomic E-state index is -1.22. The predicted octanol–water partition coefficient (Wildman–Crippen LogP) is 4.79. The van der Waals surface area contributed by atoms with Gasteiger partial charge >= 0.3 is 6.09 Å². The fraction of sp³-hybridized carbons (Fsp3) is 0.591. The van der Waals surface area contributed by atoms with Crippen molar-refractivity contribution >= 4 is 53.0 Å². The fourth-order valence-electron chi connectivity index (χ4n) is 3.97. The van der Waals surface area contributed by atoms with Crippen LogP contribution in [0, 0.1) is 11.7 Å². The van der Waals surface area contributed by atoms with Gasteiger partial charge < -0.3 is 14.4 Å². The van der Waals surface area contributed by atoms with E-state index >= 15 is 0 Å². The second-order valence-corrected chi connectivity index (χ2v) is 17.8. The van der Waals surface area contributed by atoms with Crippen LogP contribution in [0.15, 0.2) is 27.7 Å². The van der Waals surface area contributed by atoms with Crippen molar-refractivity contribution in [2.75, 3.05) is 27.4 Å². The number of halogens is 2. The Balaban J connectivity index is 1.78. The van der Waals surface area contributed by atoms with Crippen LogP contribution in [0.3, 0.4) is 0 Å². The highest BCUT2D eigenvalue weighted by Gasteiger charge is 2.71. The van der Waals surface area contributed by atoms with Crippen molar-refractivity contribution in [1.82, 2.24) is 10.2 Å². The first kappa shape index (κ1) is 26.2. The molecule has 0 saturated heterocycles. The third-order valence-electron chi connectivity index (χ3n) is 5.92. The van der Waals surface area contributed by atoms with Gasteiger partial charge in [-0.1, -0.05) is 35.6 Å². The Labute approximate surface area is 208 Å².